The van der Waals surface area contributed by atoms with Gasteiger partial charge in [0.05, 0.1) is 38.8 Å². The lowest BCUT2D eigenvalue weighted by Gasteiger charge is -2.19. The fourth-order valence-electron chi connectivity index (χ4n) is 8.66. The van der Waals surface area contributed by atoms with Crippen LogP contribution in [0.4, 0.5) is 0 Å². The van der Waals surface area contributed by atoms with Crippen LogP contribution in [0.2, 0.25) is 0 Å². The molecule has 0 radical (unpaired) electrons. The van der Waals surface area contributed by atoms with Gasteiger partial charge >= 0.3 is 0 Å². The summed E-state index contributed by atoms with van der Waals surface area (Å²) >= 11 is 0. The monoisotopic (exact) mass is 610 g/mol. The SMILES string of the molecule is O=C1c2ccccc2-c2nc(-n3c4ccccc4c4cc5c6ccccc6n6c7ccc8ccccc8c7c(c43)c56)nc3cccc1c23. The molecule has 4 aromatic heterocycles. The van der Waals surface area contributed by atoms with Gasteiger partial charge in [0.15, 0.2) is 5.78 Å². The van der Waals surface area contributed by atoms with E-state index in [9.17, 15) is 4.79 Å². The summed E-state index contributed by atoms with van der Waals surface area (Å²) in [5.41, 5.74) is 9.46. The van der Waals surface area contributed by atoms with E-state index in [0.29, 0.717) is 17.1 Å². The van der Waals surface area contributed by atoms with Gasteiger partial charge in [0.25, 0.3) is 0 Å². The number of para-hydroxylation sites is 2. The number of ketones is 1. The second-order valence-corrected chi connectivity index (χ2v) is 12.9. The maximum Gasteiger partial charge on any atom is 0.235 e. The quantitative estimate of drug-likeness (QED) is 0.186. The molecule has 0 amide bonds. The fraction of sp³-hybridized carbons (Fsp3) is 0. The van der Waals surface area contributed by atoms with Crippen LogP contribution in [0.3, 0.4) is 0 Å². The molecular formula is C43H22N4O. The van der Waals surface area contributed by atoms with Crippen molar-refractivity contribution < 1.29 is 4.79 Å². The molecule has 5 nitrogen and oxygen atoms in total. The summed E-state index contributed by atoms with van der Waals surface area (Å²) in [6, 6.07) is 46.5. The minimum absolute atomic E-state index is 0.0174. The van der Waals surface area contributed by atoms with Crippen LogP contribution in [0.5, 0.6) is 0 Å². The summed E-state index contributed by atoms with van der Waals surface area (Å²) in [4.78, 5) is 24.2. The highest BCUT2D eigenvalue weighted by Crippen LogP contribution is 2.48. The van der Waals surface area contributed by atoms with Crippen LogP contribution in [0.15, 0.2) is 133 Å². The third-order valence-electron chi connectivity index (χ3n) is 10.6. The van der Waals surface area contributed by atoms with Crippen LogP contribution in [-0.2, 0) is 0 Å². The van der Waals surface area contributed by atoms with Crippen molar-refractivity contribution in [1.82, 2.24) is 18.9 Å². The van der Waals surface area contributed by atoms with Crippen molar-refractivity contribution >= 4 is 87.4 Å². The van der Waals surface area contributed by atoms with E-state index in [0.717, 1.165) is 38.6 Å². The first-order valence-corrected chi connectivity index (χ1v) is 16.2. The van der Waals surface area contributed by atoms with Crippen LogP contribution in [-0.4, -0.2) is 24.7 Å². The Morgan fingerprint density at radius 1 is 0.458 bits per heavy atom. The van der Waals surface area contributed by atoms with Crippen molar-refractivity contribution in [3.05, 3.63) is 145 Å². The van der Waals surface area contributed by atoms with E-state index in [-0.39, 0.29) is 5.78 Å². The first-order valence-electron chi connectivity index (χ1n) is 16.2. The maximum absolute atomic E-state index is 13.6. The van der Waals surface area contributed by atoms with E-state index in [4.69, 9.17) is 9.97 Å². The Hall–Kier alpha value is -6.59. The van der Waals surface area contributed by atoms with Gasteiger partial charge < -0.3 is 4.40 Å². The van der Waals surface area contributed by atoms with Gasteiger partial charge in [-0.2, -0.15) is 0 Å². The second kappa shape index (κ2) is 8.41. The average Bonchev–Trinajstić information content (AvgIpc) is 3.78. The molecule has 220 valence electrons. The summed E-state index contributed by atoms with van der Waals surface area (Å²) in [6.07, 6.45) is 0. The molecule has 0 atom stereocenters. The fourth-order valence-corrected chi connectivity index (χ4v) is 8.66. The highest BCUT2D eigenvalue weighted by Gasteiger charge is 2.29. The van der Waals surface area contributed by atoms with Gasteiger partial charge in [0.1, 0.15) is 0 Å². The van der Waals surface area contributed by atoms with Gasteiger partial charge in [-0.05, 0) is 41.1 Å². The number of nitrogens with zero attached hydrogens (tertiary/aromatic N) is 4. The summed E-state index contributed by atoms with van der Waals surface area (Å²) < 4.78 is 4.71. The third kappa shape index (κ3) is 2.79. The standard InChI is InChI=1S/C43H22N4O/c48-42-28-15-4-3-14-27(28)39-36-29(42)16-9-17-32(36)44-43(45-39)47-34-19-8-6-13-26(34)31-22-30-25-12-5-7-18-33(25)46-35-21-20-23-10-1-2-11-24(23)37(35)38(40(30)46)41(31)47/h1-22H. The molecule has 12 rings (SSSR count). The first kappa shape index (κ1) is 24.6. The van der Waals surface area contributed by atoms with Crippen molar-refractivity contribution in [2.45, 2.75) is 0 Å². The Labute approximate surface area is 272 Å². The van der Waals surface area contributed by atoms with E-state index >= 15 is 0 Å². The molecule has 0 saturated heterocycles. The molecule has 0 saturated carbocycles. The number of rotatable bonds is 1. The molecule has 0 unspecified atom stereocenters. The van der Waals surface area contributed by atoms with E-state index < -0.39 is 0 Å². The maximum atomic E-state index is 13.6. The van der Waals surface area contributed by atoms with Crippen molar-refractivity contribution in [2.75, 3.05) is 0 Å². The van der Waals surface area contributed by atoms with Crippen LogP contribution in [0, 0.1) is 0 Å². The summed E-state index contributed by atoms with van der Waals surface area (Å²) in [5.74, 6) is 0.612. The molecule has 5 heteroatoms. The van der Waals surface area contributed by atoms with Crippen molar-refractivity contribution in [2.24, 2.45) is 0 Å². The summed E-state index contributed by atoms with van der Waals surface area (Å²) in [7, 11) is 0. The van der Waals surface area contributed by atoms with Gasteiger partial charge in [0, 0.05) is 54.4 Å². The van der Waals surface area contributed by atoms with E-state index in [1.165, 1.54) is 54.3 Å². The lowest BCUT2D eigenvalue weighted by atomic mass is 9.87. The van der Waals surface area contributed by atoms with Gasteiger partial charge in [-0.1, -0.05) is 103 Å². The Morgan fingerprint density at radius 2 is 1.15 bits per heavy atom. The number of carbonyl (C=O) groups is 1. The van der Waals surface area contributed by atoms with Crippen LogP contribution in [0.1, 0.15) is 15.9 Å². The molecule has 1 aliphatic rings. The predicted octanol–water partition coefficient (Wildman–Crippen LogP) is 10.2. The Morgan fingerprint density at radius 3 is 2.02 bits per heavy atom. The summed E-state index contributed by atoms with van der Waals surface area (Å²) in [6.45, 7) is 0. The van der Waals surface area contributed by atoms with Gasteiger partial charge in [-0.3, -0.25) is 9.36 Å². The van der Waals surface area contributed by atoms with Gasteiger partial charge in [-0.15, -0.1) is 0 Å². The van der Waals surface area contributed by atoms with E-state index in [2.05, 4.69) is 100.0 Å². The molecule has 7 aromatic carbocycles. The zero-order valence-electron chi connectivity index (χ0n) is 25.4. The van der Waals surface area contributed by atoms with Crippen LogP contribution < -0.4 is 0 Å². The number of fused-ring (bicyclic) bond motifs is 14. The molecule has 0 bridgehead atoms. The van der Waals surface area contributed by atoms with Gasteiger partial charge in [-0.25, -0.2) is 9.97 Å². The Bertz CT molecular complexity index is 3250. The lowest BCUT2D eigenvalue weighted by molar-refractivity contribution is 0.104. The predicted molar refractivity (Wildman–Crippen MR) is 195 cm³/mol. The number of carbonyl (C=O) groups excluding carboxylic acids is 1. The number of hydrogen-bond acceptors (Lipinski definition) is 3. The third-order valence-corrected chi connectivity index (χ3v) is 10.6. The van der Waals surface area contributed by atoms with E-state index in [1.54, 1.807) is 0 Å². The molecule has 0 spiro atoms. The molecule has 4 heterocycles. The molecule has 11 aromatic rings. The van der Waals surface area contributed by atoms with Crippen molar-refractivity contribution in [1.29, 1.82) is 0 Å². The zero-order chi connectivity index (χ0) is 31.2. The minimum atomic E-state index is 0.0174. The van der Waals surface area contributed by atoms with Crippen molar-refractivity contribution in [3.63, 3.8) is 0 Å². The van der Waals surface area contributed by atoms with E-state index in [1.807, 2.05) is 42.5 Å². The molecule has 48 heavy (non-hydrogen) atoms. The average molecular weight is 611 g/mol. The second-order valence-electron chi connectivity index (χ2n) is 12.9. The highest BCUT2D eigenvalue weighted by molar-refractivity contribution is 6.37. The first-order chi connectivity index (χ1) is 23.8. The Kier molecular flexibility index (Phi) is 4.31. The number of aromatic nitrogens is 4. The smallest absolute Gasteiger partial charge is 0.235 e. The number of benzene rings is 7. The van der Waals surface area contributed by atoms with Crippen molar-refractivity contribution in [3.8, 4) is 17.2 Å². The molecule has 0 N–H and O–H groups in total. The lowest BCUT2D eigenvalue weighted by Crippen LogP contribution is -2.13. The molecule has 0 fully saturated rings. The molecule has 1 aliphatic carbocycles. The zero-order valence-corrected chi connectivity index (χ0v) is 25.4. The van der Waals surface area contributed by atoms with Gasteiger partial charge in [0.2, 0.25) is 5.95 Å². The number of hydrogen-bond donors (Lipinski definition) is 0. The Balaban J connectivity index is 1.36. The van der Waals surface area contributed by atoms with Crippen LogP contribution in [0.25, 0.3) is 98.8 Å². The largest absolute Gasteiger partial charge is 0.308 e. The molecule has 0 aliphatic heterocycles. The van der Waals surface area contributed by atoms with Crippen LogP contribution >= 0.6 is 0 Å². The normalized spacial score (nSPS) is 13.0. The molecular weight excluding hydrogens is 589 g/mol. The topological polar surface area (TPSA) is 52.2 Å². The minimum Gasteiger partial charge on any atom is -0.308 e. The summed E-state index contributed by atoms with van der Waals surface area (Å²) in [5, 5.41) is 10.5. The highest BCUT2D eigenvalue weighted by atomic mass is 16.1.